The molecule has 106 valence electrons. The molecule has 0 amide bonds. The van der Waals surface area contributed by atoms with Crippen molar-refractivity contribution in [3.05, 3.63) is 66.3 Å². The molecule has 2 N–H and O–H groups in total. The van der Waals surface area contributed by atoms with Gasteiger partial charge in [-0.15, -0.1) is 6.58 Å². The standard InChI is InChI=1S/C18H16O3/c1-2-4-15-12-14(7-9-17(15)20)16-11-13(5-3-10-19)6-8-18(16)21/h2-3,5-12,20-21H,1,4H2/b5-3+. The number of allylic oxidation sites excluding steroid dienone is 2. The van der Waals surface area contributed by atoms with Crippen molar-refractivity contribution in [2.45, 2.75) is 6.42 Å². The number of rotatable bonds is 5. The third-order valence-electron chi connectivity index (χ3n) is 3.14. The van der Waals surface area contributed by atoms with E-state index in [0.717, 1.165) is 16.7 Å². The molecule has 3 heteroatoms. The Morgan fingerprint density at radius 1 is 1.05 bits per heavy atom. The van der Waals surface area contributed by atoms with E-state index in [0.29, 0.717) is 18.3 Å². The van der Waals surface area contributed by atoms with Gasteiger partial charge in [0.25, 0.3) is 0 Å². The second-order valence-corrected chi connectivity index (χ2v) is 4.61. The van der Waals surface area contributed by atoms with Gasteiger partial charge in [0.1, 0.15) is 17.8 Å². The van der Waals surface area contributed by atoms with Gasteiger partial charge in [-0.05, 0) is 53.5 Å². The molecule has 0 aliphatic carbocycles. The Hall–Kier alpha value is -2.81. The van der Waals surface area contributed by atoms with Crippen LogP contribution in [0.5, 0.6) is 11.5 Å². The Balaban J connectivity index is 2.50. The van der Waals surface area contributed by atoms with E-state index in [2.05, 4.69) is 6.58 Å². The molecule has 2 aromatic carbocycles. The first kappa shape index (κ1) is 14.6. The van der Waals surface area contributed by atoms with E-state index in [4.69, 9.17) is 0 Å². The Morgan fingerprint density at radius 2 is 1.81 bits per heavy atom. The third-order valence-corrected chi connectivity index (χ3v) is 3.14. The molecular formula is C18H16O3. The van der Waals surface area contributed by atoms with Crippen LogP contribution in [0.15, 0.2) is 55.1 Å². The highest BCUT2D eigenvalue weighted by Crippen LogP contribution is 2.33. The third kappa shape index (κ3) is 3.39. The second kappa shape index (κ2) is 6.57. The number of aromatic hydroxyl groups is 2. The maximum absolute atomic E-state index is 10.4. The summed E-state index contributed by atoms with van der Waals surface area (Å²) in [6.07, 6.45) is 6.03. The van der Waals surface area contributed by atoms with Crippen LogP contribution in [0.3, 0.4) is 0 Å². The van der Waals surface area contributed by atoms with Gasteiger partial charge in [0.15, 0.2) is 0 Å². The number of phenols is 2. The van der Waals surface area contributed by atoms with Gasteiger partial charge in [-0.1, -0.05) is 24.3 Å². The van der Waals surface area contributed by atoms with Gasteiger partial charge in [0.05, 0.1) is 0 Å². The van der Waals surface area contributed by atoms with Gasteiger partial charge >= 0.3 is 0 Å². The first-order chi connectivity index (χ1) is 10.2. The van der Waals surface area contributed by atoms with Crippen molar-refractivity contribution in [2.24, 2.45) is 0 Å². The quantitative estimate of drug-likeness (QED) is 0.499. The molecule has 0 fully saturated rings. The maximum atomic E-state index is 10.4. The summed E-state index contributed by atoms with van der Waals surface area (Å²) in [5.41, 5.74) is 3.00. The SMILES string of the molecule is C=CCc1cc(-c2cc(/C=C/C=O)ccc2O)ccc1O. The summed E-state index contributed by atoms with van der Waals surface area (Å²) in [7, 11) is 0. The average molecular weight is 280 g/mol. The van der Waals surface area contributed by atoms with Gasteiger partial charge < -0.3 is 10.2 Å². The van der Waals surface area contributed by atoms with Crippen molar-refractivity contribution in [3.8, 4) is 22.6 Å². The van der Waals surface area contributed by atoms with Crippen molar-refractivity contribution >= 4 is 12.4 Å². The Labute approximate surface area is 123 Å². The highest BCUT2D eigenvalue weighted by Gasteiger charge is 2.08. The monoisotopic (exact) mass is 280 g/mol. The molecule has 0 aromatic heterocycles. The van der Waals surface area contributed by atoms with E-state index in [-0.39, 0.29) is 11.5 Å². The predicted octanol–water partition coefficient (Wildman–Crippen LogP) is 3.71. The zero-order chi connectivity index (χ0) is 15.2. The summed E-state index contributed by atoms with van der Waals surface area (Å²) in [5, 5.41) is 19.8. The smallest absolute Gasteiger partial charge is 0.142 e. The van der Waals surface area contributed by atoms with Crippen LogP contribution >= 0.6 is 0 Å². The first-order valence-corrected chi connectivity index (χ1v) is 6.53. The molecule has 0 saturated carbocycles. The Kier molecular flexibility index (Phi) is 4.57. The van der Waals surface area contributed by atoms with E-state index in [9.17, 15) is 15.0 Å². The predicted molar refractivity (Wildman–Crippen MR) is 84.2 cm³/mol. The number of carbonyl (C=O) groups is 1. The van der Waals surface area contributed by atoms with Crippen LogP contribution in [0.1, 0.15) is 11.1 Å². The molecule has 0 spiro atoms. The summed E-state index contributed by atoms with van der Waals surface area (Å²) in [4.78, 5) is 10.4. The fourth-order valence-electron chi connectivity index (χ4n) is 2.11. The van der Waals surface area contributed by atoms with E-state index in [1.165, 1.54) is 6.08 Å². The lowest BCUT2D eigenvalue weighted by Crippen LogP contribution is -1.86. The number of aldehydes is 1. The molecule has 0 heterocycles. The van der Waals surface area contributed by atoms with Crippen LogP contribution in [0.4, 0.5) is 0 Å². The largest absolute Gasteiger partial charge is 0.508 e. The van der Waals surface area contributed by atoms with Crippen LogP contribution in [-0.4, -0.2) is 16.5 Å². The highest BCUT2D eigenvalue weighted by molar-refractivity contribution is 5.78. The van der Waals surface area contributed by atoms with E-state index >= 15 is 0 Å². The topological polar surface area (TPSA) is 57.5 Å². The fraction of sp³-hybridized carbons (Fsp3) is 0.0556. The minimum Gasteiger partial charge on any atom is -0.508 e. The summed E-state index contributed by atoms with van der Waals surface area (Å²) in [6, 6.07) is 10.3. The summed E-state index contributed by atoms with van der Waals surface area (Å²) >= 11 is 0. The van der Waals surface area contributed by atoms with Gasteiger partial charge in [-0.2, -0.15) is 0 Å². The zero-order valence-corrected chi connectivity index (χ0v) is 11.5. The molecule has 0 atom stereocenters. The van der Waals surface area contributed by atoms with Gasteiger partial charge in [0, 0.05) is 5.56 Å². The maximum Gasteiger partial charge on any atom is 0.142 e. The van der Waals surface area contributed by atoms with E-state index < -0.39 is 0 Å². The van der Waals surface area contributed by atoms with Crippen molar-refractivity contribution in [1.29, 1.82) is 0 Å². The number of carbonyl (C=O) groups excluding carboxylic acids is 1. The van der Waals surface area contributed by atoms with Crippen LogP contribution in [0.2, 0.25) is 0 Å². The molecule has 0 aliphatic heterocycles. The molecule has 0 radical (unpaired) electrons. The first-order valence-electron chi connectivity index (χ1n) is 6.53. The summed E-state index contributed by atoms with van der Waals surface area (Å²) < 4.78 is 0. The molecule has 0 aliphatic rings. The van der Waals surface area contributed by atoms with Crippen LogP contribution in [-0.2, 0) is 11.2 Å². The molecule has 2 aromatic rings. The van der Waals surface area contributed by atoms with Crippen LogP contribution in [0, 0.1) is 0 Å². The van der Waals surface area contributed by atoms with Crippen molar-refractivity contribution < 1.29 is 15.0 Å². The number of hydrogen-bond acceptors (Lipinski definition) is 3. The lowest BCUT2D eigenvalue weighted by Gasteiger charge is -2.09. The van der Waals surface area contributed by atoms with Gasteiger partial charge in [0.2, 0.25) is 0 Å². The Bertz CT molecular complexity index is 700. The molecule has 2 rings (SSSR count). The van der Waals surface area contributed by atoms with E-state index in [1.807, 2.05) is 6.07 Å². The second-order valence-electron chi connectivity index (χ2n) is 4.61. The Morgan fingerprint density at radius 3 is 2.52 bits per heavy atom. The lowest BCUT2D eigenvalue weighted by molar-refractivity contribution is -0.104. The van der Waals surface area contributed by atoms with Crippen molar-refractivity contribution in [2.75, 3.05) is 0 Å². The van der Waals surface area contributed by atoms with Crippen molar-refractivity contribution in [1.82, 2.24) is 0 Å². The molecular weight excluding hydrogens is 264 g/mol. The molecule has 0 unspecified atom stereocenters. The normalized spacial score (nSPS) is 10.7. The van der Waals surface area contributed by atoms with Gasteiger partial charge in [-0.3, -0.25) is 4.79 Å². The fourth-order valence-corrected chi connectivity index (χ4v) is 2.11. The summed E-state index contributed by atoms with van der Waals surface area (Å²) in [6.45, 7) is 3.66. The molecule has 0 saturated heterocycles. The van der Waals surface area contributed by atoms with Crippen LogP contribution < -0.4 is 0 Å². The van der Waals surface area contributed by atoms with Gasteiger partial charge in [-0.25, -0.2) is 0 Å². The molecule has 3 nitrogen and oxygen atoms in total. The molecule has 0 bridgehead atoms. The number of phenolic OH excluding ortho intramolecular Hbond substituents is 2. The number of hydrogen-bond donors (Lipinski definition) is 2. The molecule has 21 heavy (non-hydrogen) atoms. The van der Waals surface area contributed by atoms with Crippen LogP contribution in [0.25, 0.3) is 17.2 Å². The highest BCUT2D eigenvalue weighted by atomic mass is 16.3. The average Bonchev–Trinajstić information content (AvgIpc) is 2.49. The van der Waals surface area contributed by atoms with Crippen molar-refractivity contribution in [3.63, 3.8) is 0 Å². The number of benzene rings is 2. The summed E-state index contributed by atoms with van der Waals surface area (Å²) in [5.74, 6) is 0.351. The lowest BCUT2D eigenvalue weighted by atomic mass is 9.98. The zero-order valence-electron chi connectivity index (χ0n) is 11.5. The minimum absolute atomic E-state index is 0.147. The van der Waals surface area contributed by atoms with E-state index in [1.54, 1.807) is 42.5 Å². The minimum atomic E-state index is 0.147.